The Kier molecular flexibility index (Phi) is 3.39. The molecule has 1 aliphatic heterocycles. The minimum absolute atomic E-state index is 0.0387. The van der Waals surface area contributed by atoms with Gasteiger partial charge in [-0.25, -0.2) is 13.6 Å². The molecular weight excluding hydrogens is 302 g/mol. The maximum Gasteiger partial charge on any atom is 0.238 e. The lowest BCUT2D eigenvalue weighted by Gasteiger charge is -2.04. The summed E-state index contributed by atoms with van der Waals surface area (Å²) in [6.45, 7) is 0. The first-order valence-electron chi connectivity index (χ1n) is 6.37. The summed E-state index contributed by atoms with van der Waals surface area (Å²) in [5.74, 6) is 0.830. The minimum Gasteiger partial charge on any atom is -0.323 e. The van der Waals surface area contributed by atoms with E-state index in [1.807, 2.05) is 24.3 Å². The molecule has 1 aliphatic rings. The summed E-state index contributed by atoms with van der Waals surface area (Å²) in [5.41, 5.74) is 5.05. The van der Waals surface area contributed by atoms with E-state index in [2.05, 4.69) is 15.8 Å². The molecule has 2 aromatic rings. The Morgan fingerprint density at radius 3 is 2.32 bits per heavy atom. The highest BCUT2D eigenvalue weighted by atomic mass is 32.2. The lowest BCUT2D eigenvalue weighted by atomic mass is 10.1. The van der Waals surface area contributed by atoms with Crippen LogP contribution in [-0.2, 0) is 10.0 Å². The maximum atomic E-state index is 11.2. The van der Waals surface area contributed by atoms with Crippen molar-refractivity contribution in [3.05, 3.63) is 59.7 Å². The summed E-state index contributed by atoms with van der Waals surface area (Å²) in [6, 6.07) is 13.4. The van der Waals surface area contributed by atoms with Crippen LogP contribution < -0.4 is 15.9 Å². The van der Waals surface area contributed by atoms with Gasteiger partial charge in [-0.05, 0) is 24.3 Å². The molecule has 112 valence electrons. The SMILES string of the molecule is N=C1N/C(=N\Nc2ccc(S(N)(=O)=O)cc2)c2ccccc21. The number of fused-ring (bicyclic) bond motifs is 1. The number of primary sulfonamides is 1. The third kappa shape index (κ3) is 2.69. The fourth-order valence-electron chi connectivity index (χ4n) is 2.09. The van der Waals surface area contributed by atoms with Crippen LogP contribution in [0.5, 0.6) is 0 Å². The number of rotatable bonds is 3. The topological polar surface area (TPSA) is 120 Å². The zero-order valence-corrected chi connectivity index (χ0v) is 12.2. The van der Waals surface area contributed by atoms with Crippen molar-refractivity contribution in [1.29, 1.82) is 5.41 Å². The third-order valence-electron chi connectivity index (χ3n) is 3.17. The predicted octanol–water partition coefficient (Wildman–Crippen LogP) is 1.04. The number of sulfonamides is 1. The number of benzene rings is 2. The Morgan fingerprint density at radius 2 is 1.68 bits per heavy atom. The van der Waals surface area contributed by atoms with Crippen molar-refractivity contribution in [1.82, 2.24) is 5.32 Å². The van der Waals surface area contributed by atoms with Gasteiger partial charge in [-0.1, -0.05) is 24.3 Å². The average molecular weight is 315 g/mol. The maximum absolute atomic E-state index is 11.2. The molecule has 5 N–H and O–H groups in total. The summed E-state index contributed by atoms with van der Waals surface area (Å²) in [6.07, 6.45) is 0. The number of nitrogens with two attached hydrogens (primary N) is 1. The second-order valence-corrected chi connectivity index (χ2v) is 6.25. The van der Waals surface area contributed by atoms with Gasteiger partial charge in [0.2, 0.25) is 10.0 Å². The van der Waals surface area contributed by atoms with E-state index in [0.717, 1.165) is 11.1 Å². The molecule has 7 nitrogen and oxygen atoms in total. The van der Waals surface area contributed by atoms with E-state index in [4.69, 9.17) is 10.5 Å². The molecule has 0 atom stereocenters. The van der Waals surface area contributed by atoms with Crippen molar-refractivity contribution in [3.63, 3.8) is 0 Å². The van der Waals surface area contributed by atoms with Gasteiger partial charge >= 0.3 is 0 Å². The summed E-state index contributed by atoms with van der Waals surface area (Å²) >= 11 is 0. The van der Waals surface area contributed by atoms with Gasteiger partial charge in [-0.15, -0.1) is 0 Å². The number of hydrazone groups is 1. The largest absolute Gasteiger partial charge is 0.323 e. The summed E-state index contributed by atoms with van der Waals surface area (Å²) in [5, 5.41) is 20.0. The van der Waals surface area contributed by atoms with Crippen LogP contribution in [-0.4, -0.2) is 20.1 Å². The third-order valence-corrected chi connectivity index (χ3v) is 4.10. The Labute approximate surface area is 127 Å². The van der Waals surface area contributed by atoms with Crippen molar-refractivity contribution in [2.45, 2.75) is 4.90 Å². The first-order valence-corrected chi connectivity index (χ1v) is 7.92. The lowest BCUT2D eigenvalue weighted by molar-refractivity contribution is 0.598. The van der Waals surface area contributed by atoms with Crippen LogP contribution in [0.15, 0.2) is 58.5 Å². The van der Waals surface area contributed by atoms with Crippen LogP contribution in [0, 0.1) is 5.41 Å². The van der Waals surface area contributed by atoms with Gasteiger partial charge < -0.3 is 5.32 Å². The Hall–Kier alpha value is -2.71. The number of anilines is 1. The summed E-state index contributed by atoms with van der Waals surface area (Å²) < 4.78 is 22.4. The molecular formula is C14H13N5O2S. The molecule has 1 heterocycles. The molecule has 0 spiro atoms. The van der Waals surface area contributed by atoms with Crippen molar-refractivity contribution < 1.29 is 8.42 Å². The standard InChI is InChI=1S/C14H13N5O2S/c15-13-11-3-1-2-4-12(11)14(17-13)19-18-9-5-7-10(8-6-9)22(16,20)21/h1-8,18H,(H2,15,17,19)(H2,16,20,21). The number of hydrogen-bond acceptors (Lipinski definition) is 5. The fourth-order valence-corrected chi connectivity index (χ4v) is 2.60. The average Bonchev–Trinajstić information content (AvgIpc) is 2.82. The smallest absolute Gasteiger partial charge is 0.238 e. The molecule has 0 saturated heterocycles. The van der Waals surface area contributed by atoms with Crippen LogP contribution in [0.2, 0.25) is 0 Å². The van der Waals surface area contributed by atoms with E-state index in [1.165, 1.54) is 12.1 Å². The predicted molar refractivity (Wildman–Crippen MR) is 84.4 cm³/mol. The summed E-state index contributed by atoms with van der Waals surface area (Å²) in [4.78, 5) is 0.0387. The molecule has 22 heavy (non-hydrogen) atoms. The first-order chi connectivity index (χ1) is 10.4. The van der Waals surface area contributed by atoms with Crippen LogP contribution in [0.3, 0.4) is 0 Å². The molecule has 0 aromatic heterocycles. The molecule has 2 aromatic carbocycles. The minimum atomic E-state index is -3.70. The molecule has 0 amide bonds. The van der Waals surface area contributed by atoms with Gasteiger partial charge in [0.15, 0.2) is 5.84 Å². The normalized spacial score (nSPS) is 15.5. The molecule has 3 rings (SSSR count). The van der Waals surface area contributed by atoms with Crippen LogP contribution >= 0.6 is 0 Å². The monoisotopic (exact) mass is 315 g/mol. The second kappa shape index (κ2) is 5.24. The van der Waals surface area contributed by atoms with Gasteiger partial charge in [0.25, 0.3) is 0 Å². The Balaban J connectivity index is 1.82. The first kappa shape index (κ1) is 14.2. The molecule has 0 radical (unpaired) electrons. The van der Waals surface area contributed by atoms with Crippen molar-refractivity contribution in [2.24, 2.45) is 10.2 Å². The number of nitrogens with zero attached hydrogens (tertiary/aromatic N) is 1. The summed E-state index contributed by atoms with van der Waals surface area (Å²) in [7, 11) is -3.70. The van der Waals surface area contributed by atoms with Gasteiger partial charge in [0, 0.05) is 11.1 Å². The zero-order chi connectivity index (χ0) is 15.7. The molecule has 0 saturated carbocycles. The van der Waals surface area contributed by atoms with E-state index >= 15 is 0 Å². The van der Waals surface area contributed by atoms with Gasteiger partial charge in [0.05, 0.1) is 10.6 Å². The zero-order valence-electron chi connectivity index (χ0n) is 11.4. The van der Waals surface area contributed by atoms with Crippen molar-refractivity contribution >= 4 is 27.4 Å². The van der Waals surface area contributed by atoms with E-state index in [0.29, 0.717) is 17.4 Å². The van der Waals surface area contributed by atoms with E-state index in [-0.39, 0.29) is 4.90 Å². The van der Waals surface area contributed by atoms with Crippen molar-refractivity contribution in [2.75, 3.05) is 5.43 Å². The number of hydrogen-bond donors (Lipinski definition) is 4. The molecule has 8 heteroatoms. The van der Waals surface area contributed by atoms with Crippen molar-refractivity contribution in [3.8, 4) is 0 Å². The Bertz CT molecular complexity index is 872. The van der Waals surface area contributed by atoms with Crippen LogP contribution in [0.1, 0.15) is 11.1 Å². The van der Waals surface area contributed by atoms with Gasteiger partial charge in [0.1, 0.15) is 5.84 Å². The molecule has 0 fully saturated rings. The highest BCUT2D eigenvalue weighted by molar-refractivity contribution is 7.89. The van der Waals surface area contributed by atoms with Crippen LogP contribution in [0.4, 0.5) is 5.69 Å². The number of nitrogens with one attached hydrogen (secondary N) is 3. The van der Waals surface area contributed by atoms with E-state index in [1.54, 1.807) is 12.1 Å². The Morgan fingerprint density at radius 1 is 1.05 bits per heavy atom. The number of amidine groups is 2. The van der Waals surface area contributed by atoms with E-state index in [9.17, 15) is 8.42 Å². The van der Waals surface area contributed by atoms with Crippen LogP contribution in [0.25, 0.3) is 0 Å². The molecule has 0 bridgehead atoms. The van der Waals surface area contributed by atoms with E-state index < -0.39 is 10.0 Å². The van der Waals surface area contributed by atoms with Gasteiger partial charge in [-0.2, -0.15) is 5.10 Å². The lowest BCUT2D eigenvalue weighted by Crippen LogP contribution is -2.22. The molecule has 0 unspecified atom stereocenters. The highest BCUT2D eigenvalue weighted by Crippen LogP contribution is 2.16. The van der Waals surface area contributed by atoms with Gasteiger partial charge in [-0.3, -0.25) is 10.8 Å². The molecule has 0 aliphatic carbocycles. The quantitative estimate of drug-likeness (QED) is 0.632. The second-order valence-electron chi connectivity index (χ2n) is 4.69. The fraction of sp³-hybridized carbons (Fsp3) is 0. The highest BCUT2D eigenvalue weighted by Gasteiger charge is 2.21.